The molecule has 2 N–H and O–H groups in total. The predicted molar refractivity (Wildman–Crippen MR) is 48.2 cm³/mol. The molecule has 0 bridgehead atoms. The molecule has 0 saturated heterocycles. The third kappa shape index (κ3) is 1.18. The van der Waals surface area contributed by atoms with E-state index in [-0.39, 0.29) is 6.04 Å². The number of nitrogens with two attached hydrogens (primary N) is 1. The zero-order valence-electron chi connectivity index (χ0n) is 7.21. The van der Waals surface area contributed by atoms with Crippen LogP contribution in [0.3, 0.4) is 0 Å². The molecule has 0 radical (unpaired) electrons. The van der Waals surface area contributed by atoms with Crippen molar-refractivity contribution in [3.63, 3.8) is 0 Å². The van der Waals surface area contributed by atoms with Crippen LogP contribution in [0.5, 0.6) is 5.75 Å². The predicted octanol–water partition coefficient (Wildman–Crippen LogP) is 1.78. The maximum absolute atomic E-state index is 5.92. The highest BCUT2D eigenvalue weighted by atomic mass is 16.5. The van der Waals surface area contributed by atoms with Crippen LogP contribution >= 0.6 is 0 Å². The van der Waals surface area contributed by atoms with Crippen molar-refractivity contribution in [3.05, 3.63) is 29.3 Å². The topological polar surface area (TPSA) is 35.2 Å². The molecule has 0 aromatic heterocycles. The molecule has 1 aromatic carbocycles. The molecule has 2 nitrogen and oxygen atoms in total. The molecule has 12 heavy (non-hydrogen) atoms. The van der Waals surface area contributed by atoms with Crippen LogP contribution in [0.2, 0.25) is 0 Å². The van der Waals surface area contributed by atoms with Gasteiger partial charge in [-0.25, -0.2) is 0 Å². The zero-order valence-corrected chi connectivity index (χ0v) is 7.21. The van der Waals surface area contributed by atoms with Crippen molar-refractivity contribution < 1.29 is 4.74 Å². The second-order valence-electron chi connectivity index (χ2n) is 3.28. The van der Waals surface area contributed by atoms with Crippen LogP contribution in [0.1, 0.15) is 23.6 Å². The Bertz CT molecular complexity index is 296. The molecular weight excluding hydrogens is 150 g/mol. The van der Waals surface area contributed by atoms with Gasteiger partial charge in [0.25, 0.3) is 0 Å². The Morgan fingerprint density at radius 3 is 3.17 bits per heavy atom. The van der Waals surface area contributed by atoms with E-state index in [1.807, 2.05) is 6.07 Å². The molecule has 64 valence electrons. The lowest BCUT2D eigenvalue weighted by molar-refractivity contribution is 0.269. The monoisotopic (exact) mass is 163 g/mol. The fraction of sp³-hybridized carbons (Fsp3) is 0.400. The summed E-state index contributed by atoms with van der Waals surface area (Å²) in [6, 6.07) is 6.35. The second kappa shape index (κ2) is 2.79. The number of fused-ring (bicyclic) bond motifs is 1. The van der Waals surface area contributed by atoms with E-state index in [0.717, 1.165) is 24.3 Å². The van der Waals surface area contributed by atoms with Gasteiger partial charge in [-0.3, -0.25) is 0 Å². The number of rotatable bonds is 0. The molecule has 1 heterocycles. The third-order valence-electron chi connectivity index (χ3n) is 2.25. The van der Waals surface area contributed by atoms with E-state index in [9.17, 15) is 0 Å². The first-order valence-electron chi connectivity index (χ1n) is 4.26. The zero-order chi connectivity index (χ0) is 8.55. The van der Waals surface area contributed by atoms with E-state index >= 15 is 0 Å². The highest BCUT2D eigenvalue weighted by molar-refractivity contribution is 5.40. The quantitative estimate of drug-likeness (QED) is 0.632. The van der Waals surface area contributed by atoms with Gasteiger partial charge < -0.3 is 10.5 Å². The van der Waals surface area contributed by atoms with Gasteiger partial charge in [-0.2, -0.15) is 0 Å². The van der Waals surface area contributed by atoms with Crippen LogP contribution in [0, 0.1) is 6.92 Å². The summed E-state index contributed by atoms with van der Waals surface area (Å²) >= 11 is 0. The SMILES string of the molecule is Cc1ccc2c(c1)OCC[C@H]2N. The van der Waals surface area contributed by atoms with Crippen molar-refractivity contribution in [1.82, 2.24) is 0 Å². The van der Waals surface area contributed by atoms with Gasteiger partial charge in [0.2, 0.25) is 0 Å². The van der Waals surface area contributed by atoms with Crippen LogP contribution in [-0.4, -0.2) is 6.61 Å². The molecule has 0 saturated carbocycles. The number of benzene rings is 1. The molecule has 0 unspecified atom stereocenters. The lowest BCUT2D eigenvalue weighted by Gasteiger charge is -2.22. The smallest absolute Gasteiger partial charge is 0.124 e. The highest BCUT2D eigenvalue weighted by Crippen LogP contribution is 2.30. The summed E-state index contributed by atoms with van der Waals surface area (Å²) in [5.41, 5.74) is 8.29. The first kappa shape index (κ1) is 7.62. The Morgan fingerprint density at radius 2 is 2.33 bits per heavy atom. The van der Waals surface area contributed by atoms with Gasteiger partial charge in [-0.15, -0.1) is 0 Å². The average Bonchev–Trinajstić information content (AvgIpc) is 2.04. The molecule has 0 fully saturated rings. The van der Waals surface area contributed by atoms with Crippen molar-refractivity contribution >= 4 is 0 Å². The average molecular weight is 163 g/mol. The summed E-state index contributed by atoms with van der Waals surface area (Å²) < 4.78 is 5.49. The van der Waals surface area contributed by atoms with Gasteiger partial charge in [-0.1, -0.05) is 12.1 Å². The van der Waals surface area contributed by atoms with Gasteiger partial charge in [0.1, 0.15) is 5.75 Å². The van der Waals surface area contributed by atoms with Crippen LogP contribution in [-0.2, 0) is 0 Å². The van der Waals surface area contributed by atoms with Crippen LogP contribution < -0.4 is 10.5 Å². The van der Waals surface area contributed by atoms with Gasteiger partial charge in [0.15, 0.2) is 0 Å². The van der Waals surface area contributed by atoms with E-state index in [1.54, 1.807) is 0 Å². The minimum absolute atomic E-state index is 0.161. The molecule has 0 aliphatic carbocycles. The molecule has 1 atom stereocenters. The lowest BCUT2D eigenvalue weighted by atomic mass is 10.0. The van der Waals surface area contributed by atoms with E-state index in [2.05, 4.69) is 19.1 Å². The molecule has 0 amide bonds. The van der Waals surface area contributed by atoms with E-state index < -0.39 is 0 Å². The summed E-state index contributed by atoms with van der Waals surface area (Å²) in [5, 5.41) is 0. The van der Waals surface area contributed by atoms with Crippen molar-refractivity contribution in [2.75, 3.05) is 6.61 Å². The molecule has 1 aliphatic heterocycles. The van der Waals surface area contributed by atoms with Crippen molar-refractivity contribution in [1.29, 1.82) is 0 Å². The van der Waals surface area contributed by atoms with Crippen LogP contribution in [0.4, 0.5) is 0 Å². The van der Waals surface area contributed by atoms with Crippen molar-refractivity contribution in [3.8, 4) is 5.75 Å². The Morgan fingerprint density at radius 1 is 1.50 bits per heavy atom. The van der Waals surface area contributed by atoms with Gasteiger partial charge in [0.05, 0.1) is 6.61 Å². The second-order valence-corrected chi connectivity index (χ2v) is 3.28. The standard InChI is InChI=1S/C10H13NO/c1-7-2-3-8-9(11)4-5-12-10(8)6-7/h2-3,6,9H,4-5,11H2,1H3/t9-/m1/s1. The molecule has 1 aromatic rings. The first-order valence-corrected chi connectivity index (χ1v) is 4.26. The van der Waals surface area contributed by atoms with Gasteiger partial charge in [0, 0.05) is 18.0 Å². The van der Waals surface area contributed by atoms with E-state index in [4.69, 9.17) is 10.5 Å². The first-order chi connectivity index (χ1) is 5.77. The number of hydrogen-bond acceptors (Lipinski definition) is 2. The summed E-state index contributed by atoms with van der Waals surface area (Å²) in [4.78, 5) is 0. The highest BCUT2D eigenvalue weighted by Gasteiger charge is 2.16. The molecular formula is C10H13NO. The van der Waals surface area contributed by atoms with Crippen molar-refractivity contribution in [2.24, 2.45) is 5.73 Å². The molecule has 1 aliphatic rings. The van der Waals surface area contributed by atoms with Gasteiger partial charge >= 0.3 is 0 Å². The molecule has 2 heteroatoms. The normalized spacial score (nSPS) is 21.3. The minimum atomic E-state index is 0.161. The Labute approximate surface area is 72.3 Å². The molecule has 0 spiro atoms. The Hall–Kier alpha value is -1.02. The summed E-state index contributed by atoms with van der Waals surface area (Å²) in [6.07, 6.45) is 0.927. The number of aryl methyl sites for hydroxylation is 1. The lowest BCUT2D eigenvalue weighted by Crippen LogP contribution is -2.20. The largest absolute Gasteiger partial charge is 0.493 e. The van der Waals surface area contributed by atoms with Crippen LogP contribution in [0.25, 0.3) is 0 Å². The number of hydrogen-bond donors (Lipinski definition) is 1. The summed E-state index contributed by atoms with van der Waals surface area (Å²) in [5.74, 6) is 0.966. The Balaban J connectivity index is 2.46. The number of ether oxygens (including phenoxy) is 1. The van der Waals surface area contributed by atoms with E-state index in [0.29, 0.717) is 0 Å². The van der Waals surface area contributed by atoms with Crippen LogP contribution in [0.15, 0.2) is 18.2 Å². The van der Waals surface area contributed by atoms with Crippen molar-refractivity contribution in [2.45, 2.75) is 19.4 Å². The maximum atomic E-state index is 5.92. The Kier molecular flexibility index (Phi) is 1.77. The molecule has 2 rings (SSSR count). The minimum Gasteiger partial charge on any atom is -0.493 e. The maximum Gasteiger partial charge on any atom is 0.124 e. The van der Waals surface area contributed by atoms with E-state index in [1.165, 1.54) is 5.56 Å². The third-order valence-corrected chi connectivity index (χ3v) is 2.25. The fourth-order valence-electron chi connectivity index (χ4n) is 1.52. The fourth-order valence-corrected chi connectivity index (χ4v) is 1.52. The summed E-state index contributed by atoms with van der Waals surface area (Å²) in [6.45, 7) is 2.81. The summed E-state index contributed by atoms with van der Waals surface area (Å²) in [7, 11) is 0. The van der Waals surface area contributed by atoms with Gasteiger partial charge in [-0.05, 0) is 18.6 Å².